The highest BCUT2D eigenvalue weighted by atomic mass is 19.1. The van der Waals surface area contributed by atoms with Gasteiger partial charge in [-0.3, -0.25) is 9.59 Å². The fourth-order valence-electron chi connectivity index (χ4n) is 1.84. The van der Waals surface area contributed by atoms with Crippen molar-refractivity contribution in [1.82, 2.24) is 5.32 Å². The van der Waals surface area contributed by atoms with E-state index in [2.05, 4.69) is 5.32 Å². The molecule has 2 rings (SSSR count). The van der Waals surface area contributed by atoms with Crippen LogP contribution in [0.2, 0.25) is 0 Å². The number of halogens is 1. The van der Waals surface area contributed by atoms with Gasteiger partial charge in [-0.1, -0.05) is 24.3 Å². The van der Waals surface area contributed by atoms with Crippen LogP contribution in [0.15, 0.2) is 48.5 Å². The van der Waals surface area contributed by atoms with Crippen LogP contribution in [0.1, 0.15) is 15.9 Å². The zero-order valence-electron chi connectivity index (χ0n) is 12.5. The lowest BCUT2D eigenvalue weighted by molar-refractivity contribution is -0.143. The van der Waals surface area contributed by atoms with Crippen molar-refractivity contribution in [2.75, 3.05) is 13.7 Å². The topological polar surface area (TPSA) is 64.6 Å². The number of hydrogen-bond acceptors (Lipinski definition) is 4. The third-order valence-corrected chi connectivity index (χ3v) is 3.07. The summed E-state index contributed by atoms with van der Waals surface area (Å²) in [5.74, 6) is -0.975. The first-order valence-corrected chi connectivity index (χ1v) is 6.91. The fraction of sp³-hybridized carbons (Fsp3) is 0.176. The summed E-state index contributed by atoms with van der Waals surface area (Å²) >= 11 is 0. The van der Waals surface area contributed by atoms with E-state index in [9.17, 15) is 14.0 Å². The van der Waals surface area contributed by atoms with Gasteiger partial charge >= 0.3 is 5.97 Å². The van der Waals surface area contributed by atoms with Crippen LogP contribution in [-0.4, -0.2) is 25.5 Å². The lowest BCUT2D eigenvalue weighted by Gasteiger charge is -2.08. The predicted molar refractivity (Wildman–Crippen MR) is 81.5 cm³/mol. The number of carbonyl (C=O) groups excluding carboxylic acids is 2. The molecular formula is C17H16FNO4. The number of rotatable bonds is 6. The molecule has 0 aliphatic rings. The molecule has 5 nitrogen and oxygen atoms in total. The van der Waals surface area contributed by atoms with Crippen LogP contribution in [0, 0.1) is 5.82 Å². The second kappa shape index (κ2) is 7.93. The van der Waals surface area contributed by atoms with Gasteiger partial charge in [-0.25, -0.2) is 4.39 Å². The Bertz CT molecular complexity index is 702. The molecule has 23 heavy (non-hydrogen) atoms. The molecule has 1 amide bonds. The molecule has 0 bridgehead atoms. The average Bonchev–Trinajstić information content (AvgIpc) is 2.59. The van der Waals surface area contributed by atoms with E-state index < -0.39 is 17.7 Å². The highest BCUT2D eigenvalue weighted by molar-refractivity contribution is 5.96. The average molecular weight is 317 g/mol. The number of amides is 1. The van der Waals surface area contributed by atoms with Crippen LogP contribution in [0.3, 0.4) is 0 Å². The molecule has 0 aliphatic heterocycles. The van der Waals surface area contributed by atoms with Gasteiger partial charge in [-0.05, 0) is 24.3 Å². The first-order chi connectivity index (χ1) is 11.1. The zero-order valence-corrected chi connectivity index (χ0v) is 12.5. The standard InChI is InChI=1S/C17H16FNO4/c1-22-14-7-4-6-12(9-14)17(21)19-10-16(20)23-11-13-5-2-3-8-15(13)18/h2-9H,10-11H2,1H3,(H,19,21). The molecule has 0 aromatic heterocycles. The summed E-state index contributed by atoms with van der Waals surface area (Å²) in [6, 6.07) is 12.5. The molecule has 0 fully saturated rings. The van der Waals surface area contributed by atoms with E-state index in [-0.39, 0.29) is 18.7 Å². The minimum absolute atomic E-state index is 0.180. The van der Waals surface area contributed by atoms with Gasteiger partial charge in [0.1, 0.15) is 24.7 Å². The van der Waals surface area contributed by atoms with Crippen LogP contribution in [0.5, 0.6) is 5.75 Å². The number of nitrogens with one attached hydrogen (secondary N) is 1. The Hall–Kier alpha value is -2.89. The number of benzene rings is 2. The van der Waals surface area contributed by atoms with E-state index >= 15 is 0 Å². The maximum absolute atomic E-state index is 13.4. The Morgan fingerprint density at radius 1 is 1.13 bits per heavy atom. The number of esters is 1. The van der Waals surface area contributed by atoms with Crippen molar-refractivity contribution < 1.29 is 23.5 Å². The van der Waals surface area contributed by atoms with Gasteiger partial charge in [0.15, 0.2) is 0 Å². The maximum atomic E-state index is 13.4. The normalized spacial score (nSPS) is 10.0. The van der Waals surface area contributed by atoms with Gasteiger partial charge in [0.25, 0.3) is 5.91 Å². The highest BCUT2D eigenvalue weighted by Crippen LogP contribution is 2.12. The zero-order chi connectivity index (χ0) is 16.7. The van der Waals surface area contributed by atoms with Gasteiger partial charge in [-0.15, -0.1) is 0 Å². The summed E-state index contributed by atoms with van der Waals surface area (Å²) < 4.78 is 23.3. The Morgan fingerprint density at radius 3 is 2.65 bits per heavy atom. The van der Waals surface area contributed by atoms with Crippen LogP contribution in [0.25, 0.3) is 0 Å². The number of carbonyl (C=O) groups is 2. The van der Waals surface area contributed by atoms with Gasteiger partial charge in [0.05, 0.1) is 7.11 Å². The molecule has 0 aliphatic carbocycles. The SMILES string of the molecule is COc1cccc(C(=O)NCC(=O)OCc2ccccc2F)c1. The molecule has 1 N–H and O–H groups in total. The molecule has 0 atom stereocenters. The van der Waals surface area contributed by atoms with Crippen LogP contribution in [-0.2, 0) is 16.1 Å². The first kappa shape index (κ1) is 16.5. The Kier molecular flexibility index (Phi) is 5.68. The van der Waals surface area contributed by atoms with Crippen LogP contribution in [0.4, 0.5) is 4.39 Å². The second-order valence-corrected chi connectivity index (χ2v) is 4.67. The van der Waals surface area contributed by atoms with E-state index in [1.807, 2.05) is 0 Å². The van der Waals surface area contributed by atoms with E-state index in [0.29, 0.717) is 11.3 Å². The largest absolute Gasteiger partial charge is 0.497 e. The summed E-state index contributed by atoms with van der Waals surface area (Å²) in [6.45, 7) is -0.481. The molecule has 0 saturated carbocycles. The molecule has 0 unspecified atom stereocenters. The molecular weight excluding hydrogens is 301 g/mol. The van der Waals surface area contributed by atoms with Crippen molar-refractivity contribution in [1.29, 1.82) is 0 Å². The van der Waals surface area contributed by atoms with Gasteiger partial charge in [-0.2, -0.15) is 0 Å². The smallest absolute Gasteiger partial charge is 0.325 e. The Morgan fingerprint density at radius 2 is 1.91 bits per heavy atom. The molecule has 0 radical (unpaired) electrons. The summed E-state index contributed by atoms with van der Waals surface area (Å²) in [7, 11) is 1.50. The third-order valence-electron chi connectivity index (χ3n) is 3.07. The van der Waals surface area contributed by atoms with Crippen molar-refractivity contribution >= 4 is 11.9 Å². The lowest BCUT2D eigenvalue weighted by Crippen LogP contribution is -2.30. The van der Waals surface area contributed by atoms with E-state index in [1.54, 1.807) is 36.4 Å². The summed E-state index contributed by atoms with van der Waals surface area (Å²) in [5.41, 5.74) is 0.645. The molecule has 0 heterocycles. The summed E-state index contributed by atoms with van der Waals surface area (Å²) in [4.78, 5) is 23.5. The highest BCUT2D eigenvalue weighted by Gasteiger charge is 2.10. The van der Waals surface area contributed by atoms with Gasteiger partial charge < -0.3 is 14.8 Å². The van der Waals surface area contributed by atoms with Crippen molar-refractivity contribution in [3.63, 3.8) is 0 Å². The van der Waals surface area contributed by atoms with Crippen molar-refractivity contribution in [3.8, 4) is 5.75 Å². The quantitative estimate of drug-likeness (QED) is 0.830. The molecule has 2 aromatic rings. The van der Waals surface area contributed by atoms with Crippen molar-refractivity contribution in [2.45, 2.75) is 6.61 Å². The molecule has 6 heteroatoms. The maximum Gasteiger partial charge on any atom is 0.325 e. The third kappa shape index (κ3) is 4.81. The molecule has 120 valence electrons. The van der Waals surface area contributed by atoms with Crippen LogP contribution >= 0.6 is 0 Å². The molecule has 0 saturated heterocycles. The number of ether oxygens (including phenoxy) is 2. The Labute approximate surface area is 133 Å². The second-order valence-electron chi connectivity index (χ2n) is 4.67. The van der Waals surface area contributed by atoms with E-state index in [4.69, 9.17) is 9.47 Å². The van der Waals surface area contributed by atoms with E-state index in [1.165, 1.54) is 19.2 Å². The Balaban J connectivity index is 1.82. The van der Waals surface area contributed by atoms with Gasteiger partial charge in [0, 0.05) is 11.1 Å². The molecule has 2 aromatic carbocycles. The van der Waals surface area contributed by atoms with Gasteiger partial charge in [0.2, 0.25) is 0 Å². The fourth-order valence-corrected chi connectivity index (χ4v) is 1.84. The van der Waals surface area contributed by atoms with Crippen molar-refractivity contribution in [3.05, 3.63) is 65.5 Å². The number of hydrogen-bond donors (Lipinski definition) is 1. The minimum atomic E-state index is -0.649. The monoisotopic (exact) mass is 317 g/mol. The lowest BCUT2D eigenvalue weighted by atomic mass is 10.2. The minimum Gasteiger partial charge on any atom is -0.497 e. The molecule has 0 spiro atoms. The van der Waals surface area contributed by atoms with Crippen molar-refractivity contribution in [2.24, 2.45) is 0 Å². The number of methoxy groups -OCH3 is 1. The predicted octanol–water partition coefficient (Wildman–Crippen LogP) is 2.31. The van der Waals surface area contributed by atoms with Crippen LogP contribution < -0.4 is 10.1 Å². The van der Waals surface area contributed by atoms with E-state index in [0.717, 1.165) is 0 Å². The summed E-state index contributed by atoms with van der Waals surface area (Å²) in [5, 5.41) is 2.44. The summed E-state index contributed by atoms with van der Waals surface area (Å²) in [6.07, 6.45) is 0. The first-order valence-electron chi connectivity index (χ1n) is 6.91.